The molecule has 1 aromatic rings. The van der Waals surface area contributed by atoms with Crippen LogP contribution in [0.25, 0.3) is 0 Å². The molecule has 15 heavy (non-hydrogen) atoms. The van der Waals surface area contributed by atoms with Crippen LogP contribution < -0.4 is 4.90 Å². The van der Waals surface area contributed by atoms with Crippen molar-refractivity contribution in [2.45, 2.75) is 13.8 Å². The summed E-state index contributed by atoms with van der Waals surface area (Å²) in [5.41, 5.74) is 9.39. The molecule has 0 fully saturated rings. The van der Waals surface area contributed by atoms with Gasteiger partial charge < -0.3 is 4.90 Å². The zero-order valence-electron chi connectivity index (χ0n) is 9.29. The molecule has 0 radical (unpaired) electrons. The number of nitrogens with zero attached hydrogens (tertiary/aromatic N) is 4. The second-order valence-corrected chi connectivity index (χ2v) is 3.49. The van der Waals surface area contributed by atoms with E-state index < -0.39 is 0 Å². The highest BCUT2D eigenvalue weighted by Gasteiger charge is 2.15. The molecule has 1 aromatic heterocycles. The van der Waals surface area contributed by atoms with E-state index in [1.54, 1.807) is 18.7 Å². The maximum Gasteiger partial charge on any atom is 0.146 e. The topological polar surface area (TPSA) is 76.1 Å². The fourth-order valence-electron chi connectivity index (χ4n) is 1.45. The molecule has 0 bridgehead atoms. The zero-order chi connectivity index (χ0) is 11.6. The quantitative estimate of drug-likeness (QED) is 0.749. The van der Waals surface area contributed by atoms with E-state index in [2.05, 4.69) is 16.2 Å². The van der Waals surface area contributed by atoms with E-state index >= 15 is 0 Å². The van der Waals surface area contributed by atoms with Crippen LogP contribution >= 0.6 is 0 Å². The van der Waals surface area contributed by atoms with E-state index in [0.29, 0.717) is 28.3 Å². The molecule has 0 amide bonds. The van der Waals surface area contributed by atoms with Crippen molar-refractivity contribution in [1.29, 1.82) is 10.8 Å². The zero-order valence-corrected chi connectivity index (χ0v) is 9.29. The first-order valence-corrected chi connectivity index (χ1v) is 4.49. The molecule has 78 valence electrons. The van der Waals surface area contributed by atoms with Crippen LogP contribution in [-0.2, 0) is 0 Å². The third kappa shape index (κ3) is 1.79. The van der Waals surface area contributed by atoms with Gasteiger partial charge in [0, 0.05) is 14.1 Å². The summed E-state index contributed by atoms with van der Waals surface area (Å²) in [5.74, 6) is 0.625. The maximum atomic E-state index is 9.04. The fraction of sp³-hybridized carbons (Fsp3) is 0.400. The molecule has 0 unspecified atom stereocenters. The van der Waals surface area contributed by atoms with Crippen LogP contribution in [0, 0.1) is 30.7 Å². The van der Waals surface area contributed by atoms with Crippen molar-refractivity contribution in [3.05, 3.63) is 16.8 Å². The molecule has 0 aliphatic carbocycles. The summed E-state index contributed by atoms with van der Waals surface area (Å²) in [5, 5.41) is 12.4. The normalized spacial score (nSPS) is 9.53. The van der Waals surface area contributed by atoms with Gasteiger partial charge in [-0.05, 0) is 19.4 Å². The minimum atomic E-state index is 0.483. The van der Waals surface area contributed by atoms with Crippen LogP contribution in [0.5, 0.6) is 0 Å². The minimum Gasteiger partial charge on any atom is -0.362 e. The van der Waals surface area contributed by atoms with E-state index in [1.165, 1.54) is 0 Å². The highest BCUT2D eigenvalue weighted by molar-refractivity contribution is 5.66. The second kappa shape index (κ2) is 4.05. The predicted molar refractivity (Wildman–Crippen MR) is 57.6 cm³/mol. The lowest BCUT2D eigenvalue weighted by molar-refractivity contribution is 1.01. The first-order chi connectivity index (χ1) is 7.02. The maximum absolute atomic E-state index is 9.04. The number of aryl methyl sites for hydroxylation is 1. The number of anilines is 1. The Labute approximate surface area is 88.9 Å². The summed E-state index contributed by atoms with van der Waals surface area (Å²) in [7, 11) is 3.67. The van der Waals surface area contributed by atoms with Gasteiger partial charge in [0.15, 0.2) is 0 Å². The molecular weight excluding hydrogens is 190 g/mol. The van der Waals surface area contributed by atoms with Crippen molar-refractivity contribution in [3.8, 4) is 6.07 Å². The lowest BCUT2D eigenvalue weighted by atomic mass is 10.1. The first-order valence-electron chi connectivity index (χ1n) is 4.49. The third-order valence-corrected chi connectivity index (χ3v) is 2.22. The molecule has 0 saturated heterocycles. The van der Waals surface area contributed by atoms with Crippen LogP contribution in [0.3, 0.4) is 0 Å². The first kappa shape index (κ1) is 11.1. The number of nitrogens with one attached hydrogen (secondary N) is 1. The van der Waals surface area contributed by atoms with Crippen LogP contribution in [0.1, 0.15) is 16.8 Å². The average molecular weight is 203 g/mol. The average Bonchev–Trinajstić information content (AvgIpc) is 2.17. The Morgan fingerprint density at radius 1 is 1.40 bits per heavy atom. The largest absolute Gasteiger partial charge is 0.362 e. The van der Waals surface area contributed by atoms with Crippen molar-refractivity contribution in [3.63, 3.8) is 0 Å². The van der Waals surface area contributed by atoms with Gasteiger partial charge in [-0.15, -0.1) is 0 Å². The van der Waals surface area contributed by atoms with E-state index in [4.69, 9.17) is 10.8 Å². The van der Waals surface area contributed by atoms with E-state index in [9.17, 15) is 0 Å². The number of hydrogen-bond donors (Lipinski definition) is 1. The number of pyridine rings is 1. The standard InChI is InChI=1S/C10H13N5/c1-6-8(5-11)10(15(3)4)13-7(2)9(6)14-12/h12H,1-4H3. The minimum absolute atomic E-state index is 0.483. The molecule has 0 saturated carbocycles. The smallest absolute Gasteiger partial charge is 0.146 e. The molecule has 0 aliphatic rings. The van der Waals surface area contributed by atoms with Crippen molar-refractivity contribution >= 4 is 11.5 Å². The molecule has 0 spiro atoms. The van der Waals surface area contributed by atoms with Crippen LogP contribution in [-0.4, -0.2) is 19.1 Å². The summed E-state index contributed by atoms with van der Waals surface area (Å²) in [6.07, 6.45) is 0. The number of hydrogen-bond acceptors (Lipinski definition) is 5. The molecular formula is C10H13N5. The van der Waals surface area contributed by atoms with Crippen molar-refractivity contribution in [2.75, 3.05) is 19.0 Å². The molecule has 0 aromatic carbocycles. The van der Waals surface area contributed by atoms with E-state index in [1.807, 2.05) is 14.1 Å². The SMILES string of the molecule is Cc1nc(N(C)C)c(C#N)c(C)c1N=N. The summed E-state index contributed by atoms with van der Waals surface area (Å²) >= 11 is 0. The van der Waals surface area contributed by atoms with Gasteiger partial charge in [-0.1, -0.05) is 0 Å². The summed E-state index contributed by atoms with van der Waals surface area (Å²) in [6, 6.07) is 2.10. The van der Waals surface area contributed by atoms with Gasteiger partial charge in [-0.2, -0.15) is 10.4 Å². The number of aromatic nitrogens is 1. The lowest BCUT2D eigenvalue weighted by Gasteiger charge is -2.16. The summed E-state index contributed by atoms with van der Waals surface area (Å²) in [6.45, 7) is 3.57. The second-order valence-electron chi connectivity index (χ2n) is 3.49. The highest BCUT2D eigenvalue weighted by Crippen LogP contribution is 2.29. The van der Waals surface area contributed by atoms with E-state index in [0.717, 1.165) is 0 Å². The Kier molecular flexibility index (Phi) is 3.00. The molecule has 1 N–H and O–H groups in total. The van der Waals surface area contributed by atoms with Crippen molar-refractivity contribution in [2.24, 2.45) is 5.11 Å². The van der Waals surface area contributed by atoms with Gasteiger partial charge in [0.2, 0.25) is 0 Å². The Morgan fingerprint density at radius 3 is 2.40 bits per heavy atom. The van der Waals surface area contributed by atoms with Gasteiger partial charge in [0.25, 0.3) is 0 Å². The Bertz CT molecular complexity index is 442. The van der Waals surface area contributed by atoms with Crippen LogP contribution in [0.15, 0.2) is 5.11 Å². The molecule has 5 nitrogen and oxygen atoms in total. The van der Waals surface area contributed by atoms with E-state index in [-0.39, 0.29) is 0 Å². The van der Waals surface area contributed by atoms with Crippen molar-refractivity contribution in [1.82, 2.24) is 4.98 Å². The summed E-state index contributed by atoms with van der Waals surface area (Å²) < 4.78 is 0. The molecule has 1 rings (SSSR count). The summed E-state index contributed by atoms with van der Waals surface area (Å²) in [4.78, 5) is 6.05. The van der Waals surface area contributed by atoms with Gasteiger partial charge in [0.1, 0.15) is 17.6 Å². The van der Waals surface area contributed by atoms with Gasteiger partial charge in [-0.25, -0.2) is 10.5 Å². The molecule has 0 atom stereocenters. The van der Waals surface area contributed by atoms with Gasteiger partial charge in [0.05, 0.1) is 11.3 Å². The number of nitriles is 1. The predicted octanol–water partition coefficient (Wildman–Crippen LogP) is 2.30. The molecule has 0 aliphatic heterocycles. The fourth-order valence-corrected chi connectivity index (χ4v) is 1.45. The Hall–Kier alpha value is -1.96. The third-order valence-electron chi connectivity index (χ3n) is 2.22. The van der Waals surface area contributed by atoms with Crippen LogP contribution in [0.4, 0.5) is 11.5 Å². The Balaban J connectivity index is 3.60. The number of rotatable bonds is 2. The van der Waals surface area contributed by atoms with Gasteiger partial charge >= 0.3 is 0 Å². The Morgan fingerprint density at radius 2 is 2.00 bits per heavy atom. The monoisotopic (exact) mass is 203 g/mol. The molecule has 1 heterocycles. The lowest BCUT2D eigenvalue weighted by Crippen LogP contribution is -2.14. The molecule has 5 heteroatoms. The van der Waals surface area contributed by atoms with Crippen molar-refractivity contribution < 1.29 is 0 Å². The highest BCUT2D eigenvalue weighted by atomic mass is 15.1. The van der Waals surface area contributed by atoms with Gasteiger partial charge in [-0.3, -0.25) is 0 Å². The van der Waals surface area contributed by atoms with Crippen LogP contribution in [0.2, 0.25) is 0 Å².